The highest BCUT2D eigenvalue weighted by molar-refractivity contribution is 8.26. The Morgan fingerprint density at radius 1 is 1.28 bits per heavy atom. The molecule has 1 aromatic rings. The van der Waals surface area contributed by atoms with Gasteiger partial charge in [-0.15, -0.1) is 0 Å². The first kappa shape index (κ1) is 17.4. The van der Waals surface area contributed by atoms with Crippen LogP contribution in [0, 0.1) is 5.41 Å². The standard InChI is InChI=1S/C18H21N5OS/c1-4-5-6-15-21-23-16(19)14(17(24)20-18(23)25-15)11-12-7-9-13(10-8-12)22(2)3/h7-11,19H,4-6H2,1-3H3/b14-11-,19-16?. The van der Waals surface area contributed by atoms with Crippen molar-refractivity contribution in [2.45, 2.75) is 26.2 Å². The molecule has 130 valence electrons. The number of fused-ring (bicyclic) bond motifs is 1. The van der Waals surface area contributed by atoms with Crippen molar-refractivity contribution in [3.8, 4) is 0 Å². The van der Waals surface area contributed by atoms with Gasteiger partial charge in [0, 0.05) is 19.8 Å². The van der Waals surface area contributed by atoms with Crippen molar-refractivity contribution in [1.29, 1.82) is 5.41 Å². The molecule has 1 aromatic carbocycles. The minimum Gasteiger partial charge on any atom is -0.378 e. The van der Waals surface area contributed by atoms with Gasteiger partial charge in [0.15, 0.2) is 5.84 Å². The van der Waals surface area contributed by atoms with E-state index in [1.165, 1.54) is 16.8 Å². The lowest BCUT2D eigenvalue weighted by Gasteiger charge is -2.20. The molecule has 2 heterocycles. The number of benzene rings is 1. The van der Waals surface area contributed by atoms with Gasteiger partial charge in [0.1, 0.15) is 5.04 Å². The van der Waals surface area contributed by atoms with Gasteiger partial charge >= 0.3 is 0 Å². The lowest BCUT2D eigenvalue weighted by Crippen LogP contribution is -2.35. The fraction of sp³-hybridized carbons (Fsp3) is 0.333. The second-order valence-corrected chi connectivity index (χ2v) is 7.14. The summed E-state index contributed by atoms with van der Waals surface area (Å²) in [5.74, 6) is -0.293. The molecular weight excluding hydrogens is 334 g/mol. The summed E-state index contributed by atoms with van der Waals surface area (Å²) >= 11 is 1.39. The molecule has 0 radical (unpaired) electrons. The van der Waals surface area contributed by atoms with Crippen LogP contribution >= 0.6 is 11.8 Å². The summed E-state index contributed by atoms with van der Waals surface area (Å²) in [6.45, 7) is 2.12. The third-order valence-electron chi connectivity index (χ3n) is 3.96. The van der Waals surface area contributed by atoms with E-state index in [0.717, 1.165) is 35.6 Å². The van der Waals surface area contributed by atoms with Crippen LogP contribution in [0.25, 0.3) is 6.08 Å². The van der Waals surface area contributed by atoms with E-state index in [0.29, 0.717) is 5.17 Å². The largest absolute Gasteiger partial charge is 0.378 e. The van der Waals surface area contributed by atoms with Gasteiger partial charge in [-0.2, -0.15) is 15.1 Å². The van der Waals surface area contributed by atoms with Gasteiger partial charge in [-0.05, 0) is 48.4 Å². The van der Waals surface area contributed by atoms with Crippen molar-refractivity contribution in [3.05, 3.63) is 35.4 Å². The lowest BCUT2D eigenvalue weighted by molar-refractivity contribution is -0.114. The van der Waals surface area contributed by atoms with Crippen molar-refractivity contribution < 1.29 is 4.79 Å². The number of nitrogens with zero attached hydrogens (tertiary/aromatic N) is 4. The summed E-state index contributed by atoms with van der Waals surface area (Å²) in [6, 6.07) is 7.81. The fourth-order valence-electron chi connectivity index (χ4n) is 2.50. The zero-order chi connectivity index (χ0) is 18.0. The number of rotatable bonds is 5. The van der Waals surface area contributed by atoms with E-state index in [4.69, 9.17) is 5.41 Å². The second-order valence-electron chi connectivity index (χ2n) is 6.10. The Bertz CT molecular complexity index is 792. The predicted molar refractivity (Wildman–Crippen MR) is 105 cm³/mol. The second kappa shape index (κ2) is 7.23. The number of amides is 1. The number of amidine groups is 2. The molecular formula is C18H21N5OS. The summed E-state index contributed by atoms with van der Waals surface area (Å²) in [4.78, 5) is 18.5. The number of carbonyl (C=O) groups excluding carboxylic acids is 1. The van der Waals surface area contributed by atoms with E-state index in [1.54, 1.807) is 6.08 Å². The van der Waals surface area contributed by atoms with Gasteiger partial charge in [-0.25, -0.2) is 0 Å². The molecule has 0 unspecified atom stereocenters. The van der Waals surface area contributed by atoms with E-state index < -0.39 is 0 Å². The minimum absolute atomic E-state index is 0.0886. The van der Waals surface area contributed by atoms with Crippen LogP contribution in [0.2, 0.25) is 0 Å². The number of hydrazone groups is 1. The number of aliphatic imine (C=N–C) groups is 1. The SMILES string of the molecule is CCCCC1=NN2C(=N)/C(=C/c3ccc(N(C)C)cc3)C(=O)N=C2S1. The number of nitrogens with one attached hydrogen (secondary N) is 1. The van der Waals surface area contributed by atoms with Crippen LogP contribution in [-0.4, -0.2) is 41.1 Å². The van der Waals surface area contributed by atoms with Crippen LogP contribution in [0.3, 0.4) is 0 Å². The number of hydrogen-bond donors (Lipinski definition) is 1. The maximum atomic E-state index is 12.4. The summed E-state index contributed by atoms with van der Waals surface area (Å²) < 4.78 is 0. The molecule has 1 amide bonds. The normalized spacial score (nSPS) is 18.4. The third-order valence-corrected chi connectivity index (χ3v) is 4.93. The molecule has 2 aliphatic heterocycles. The van der Waals surface area contributed by atoms with Gasteiger partial charge in [0.25, 0.3) is 5.91 Å². The molecule has 6 nitrogen and oxygen atoms in total. The molecule has 0 atom stereocenters. The van der Waals surface area contributed by atoms with Crippen LogP contribution in [0.15, 0.2) is 39.9 Å². The number of anilines is 1. The van der Waals surface area contributed by atoms with Gasteiger partial charge in [0.05, 0.1) is 5.57 Å². The number of hydrogen-bond acceptors (Lipinski definition) is 5. The molecule has 2 aliphatic rings. The zero-order valence-corrected chi connectivity index (χ0v) is 15.4. The van der Waals surface area contributed by atoms with E-state index in [9.17, 15) is 4.79 Å². The molecule has 0 spiro atoms. The Morgan fingerprint density at radius 2 is 2.00 bits per heavy atom. The average Bonchev–Trinajstić information content (AvgIpc) is 3.00. The highest BCUT2D eigenvalue weighted by atomic mass is 32.2. The number of carbonyl (C=O) groups is 1. The maximum Gasteiger partial charge on any atom is 0.283 e. The highest BCUT2D eigenvalue weighted by Gasteiger charge is 2.35. The Balaban J connectivity index is 1.85. The lowest BCUT2D eigenvalue weighted by atomic mass is 10.1. The molecule has 3 rings (SSSR count). The zero-order valence-electron chi connectivity index (χ0n) is 14.6. The van der Waals surface area contributed by atoms with Crippen molar-refractivity contribution in [3.63, 3.8) is 0 Å². The first-order chi connectivity index (χ1) is 12.0. The molecule has 0 aromatic heterocycles. The Hall–Kier alpha value is -2.41. The molecule has 0 saturated carbocycles. The number of thioether (sulfide) groups is 1. The van der Waals surface area contributed by atoms with Gasteiger partial charge in [0.2, 0.25) is 5.17 Å². The number of unbranched alkanes of at least 4 members (excludes halogenated alkanes) is 1. The maximum absolute atomic E-state index is 12.4. The monoisotopic (exact) mass is 355 g/mol. The molecule has 0 saturated heterocycles. The van der Waals surface area contributed by atoms with E-state index >= 15 is 0 Å². The van der Waals surface area contributed by atoms with Gasteiger partial charge in [-0.3, -0.25) is 10.2 Å². The van der Waals surface area contributed by atoms with Crippen LogP contribution in [-0.2, 0) is 4.79 Å². The van der Waals surface area contributed by atoms with Crippen LogP contribution in [0.4, 0.5) is 5.69 Å². The van der Waals surface area contributed by atoms with Crippen molar-refractivity contribution in [2.75, 3.05) is 19.0 Å². The van der Waals surface area contributed by atoms with E-state index in [1.807, 2.05) is 43.3 Å². The Kier molecular flexibility index (Phi) is 5.03. The minimum atomic E-state index is -0.382. The smallest absolute Gasteiger partial charge is 0.283 e. The average molecular weight is 355 g/mol. The van der Waals surface area contributed by atoms with Crippen molar-refractivity contribution >= 4 is 45.5 Å². The first-order valence-corrected chi connectivity index (χ1v) is 9.07. The summed E-state index contributed by atoms with van der Waals surface area (Å²) in [5.41, 5.74) is 2.20. The quantitative estimate of drug-likeness (QED) is 0.820. The van der Waals surface area contributed by atoms with Gasteiger partial charge < -0.3 is 4.90 Å². The van der Waals surface area contributed by atoms with E-state index in [-0.39, 0.29) is 17.3 Å². The van der Waals surface area contributed by atoms with Crippen LogP contribution in [0.5, 0.6) is 0 Å². The Labute approximate surface area is 151 Å². The topological polar surface area (TPSA) is 72.1 Å². The Morgan fingerprint density at radius 3 is 2.64 bits per heavy atom. The predicted octanol–water partition coefficient (Wildman–Crippen LogP) is 3.56. The summed E-state index contributed by atoms with van der Waals surface area (Å²) in [6.07, 6.45) is 4.67. The van der Waals surface area contributed by atoms with E-state index in [2.05, 4.69) is 17.0 Å². The molecule has 0 aliphatic carbocycles. The summed E-state index contributed by atoms with van der Waals surface area (Å²) in [7, 11) is 3.95. The first-order valence-electron chi connectivity index (χ1n) is 8.26. The highest BCUT2D eigenvalue weighted by Crippen LogP contribution is 2.30. The molecule has 0 fully saturated rings. The molecule has 25 heavy (non-hydrogen) atoms. The van der Waals surface area contributed by atoms with Crippen molar-refractivity contribution in [2.24, 2.45) is 10.1 Å². The molecule has 1 N–H and O–H groups in total. The fourth-order valence-corrected chi connectivity index (χ4v) is 3.42. The van der Waals surface area contributed by atoms with Crippen molar-refractivity contribution in [1.82, 2.24) is 5.01 Å². The van der Waals surface area contributed by atoms with Crippen LogP contribution in [0.1, 0.15) is 31.7 Å². The summed E-state index contributed by atoms with van der Waals surface area (Å²) in [5, 5.41) is 15.7. The molecule has 0 bridgehead atoms. The molecule has 7 heteroatoms. The van der Waals surface area contributed by atoms with Crippen LogP contribution < -0.4 is 4.90 Å². The third kappa shape index (κ3) is 3.66. The van der Waals surface area contributed by atoms with Gasteiger partial charge in [-0.1, -0.05) is 25.5 Å².